The molecule has 102 valence electrons. The van der Waals surface area contributed by atoms with Gasteiger partial charge in [0.05, 0.1) is 0 Å². The van der Waals surface area contributed by atoms with Crippen LogP contribution in [0.2, 0.25) is 0 Å². The van der Waals surface area contributed by atoms with Crippen LogP contribution in [0.4, 0.5) is 5.69 Å². The third kappa shape index (κ3) is 2.16. The predicted octanol–water partition coefficient (Wildman–Crippen LogP) is 1.66. The summed E-state index contributed by atoms with van der Waals surface area (Å²) in [4.78, 5) is 25.3. The average molecular weight is 262 g/mol. The molecule has 5 heteroatoms. The van der Waals surface area contributed by atoms with E-state index in [2.05, 4.69) is 0 Å². The van der Waals surface area contributed by atoms with Crippen LogP contribution in [0.5, 0.6) is 0 Å². The minimum absolute atomic E-state index is 0.245. The molecule has 1 atom stereocenters. The molecule has 3 N–H and O–H groups in total. The molecule has 1 unspecified atom stereocenters. The molecule has 1 aromatic rings. The maximum Gasteiger partial charge on any atom is 0.329 e. The standard InChI is InChI=1S/C14H18N2O3/c1-9-8-10(4-5-11(9)15)12(17)16-7-3-6-14(16,2)13(18)19/h4-5,8H,3,6-7,15H2,1-2H3,(H,18,19). The SMILES string of the molecule is Cc1cc(C(=O)N2CCCC2(C)C(=O)O)ccc1N. The minimum Gasteiger partial charge on any atom is -0.480 e. The van der Waals surface area contributed by atoms with Gasteiger partial charge in [-0.25, -0.2) is 4.79 Å². The molecule has 1 aliphatic heterocycles. The van der Waals surface area contributed by atoms with E-state index in [1.54, 1.807) is 25.1 Å². The Bertz CT molecular complexity index is 541. The summed E-state index contributed by atoms with van der Waals surface area (Å²) in [5, 5.41) is 9.32. The van der Waals surface area contributed by atoms with Crippen molar-refractivity contribution in [3.63, 3.8) is 0 Å². The van der Waals surface area contributed by atoms with E-state index in [4.69, 9.17) is 5.73 Å². The Balaban J connectivity index is 2.33. The fourth-order valence-corrected chi connectivity index (χ4v) is 2.48. The van der Waals surface area contributed by atoms with Crippen LogP contribution >= 0.6 is 0 Å². The first-order chi connectivity index (χ1) is 8.86. The van der Waals surface area contributed by atoms with Gasteiger partial charge in [0, 0.05) is 17.8 Å². The summed E-state index contributed by atoms with van der Waals surface area (Å²) >= 11 is 0. The highest BCUT2D eigenvalue weighted by atomic mass is 16.4. The first-order valence-electron chi connectivity index (χ1n) is 6.28. The molecule has 0 aromatic heterocycles. The lowest BCUT2D eigenvalue weighted by atomic mass is 9.98. The number of carbonyl (C=O) groups is 2. The number of amides is 1. The van der Waals surface area contributed by atoms with Crippen molar-refractivity contribution in [1.82, 2.24) is 4.90 Å². The van der Waals surface area contributed by atoms with Crippen LogP contribution in [-0.4, -0.2) is 34.0 Å². The molecular formula is C14H18N2O3. The summed E-state index contributed by atoms with van der Waals surface area (Å²) in [5.74, 6) is -1.20. The number of carbonyl (C=O) groups excluding carboxylic acids is 1. The molecule has 1 saturated heterocycles. The molecule has 1 aliphatic rings. The van der Waals surface area contributed by atoms with Crippen molar-refractivity contribution in [3.05, 3.63) is 29.3 Å². The highest BCUT2D eigenvalue weighted by Gasteiger charge is 2.46. The van der Waals surface area contributed by atoms with Gasteiger partial charge < -0.3 is 15.7 Å². The molecule has 2 rings (SSSR count). The van der Waals surface area contributed by atoms with Crippen molar-refractivity contribution in [2.45, 2.75) is 32.2 Å². The van der Waals surface area contributed by atoms with Crippen molar-refractivity contribution in [3.8, 4) is 0 Å². The Kier molecular flexibility index (Phi) is 3.22. The van der Waals surface area contributed by atoms with E-state index in [1.165, 1.54) is 4.90 Å². The maximum absolute atomic E-state index is 12.5. The van der Waals surface area contributed by atoms with Crippen molar-refractivity contribution in [2.24, 2.45) is 0 Å². The third-order valence-corrected chi connectivity index (χ3v) is 3.86. The van der Waals surface area contributed by atoms with Crippen LogP contribution in [0.3, 0.4) is 0 Å². The van der Waals surface area contributed by atoms with Gasteiger partial charge in [0.1, 0.15) is 5.54 Å². The molecule has 5 nitrogen and oxygen atoms in total. The van der Waals surface area contributed by atoms with Crippen LogP contribution in [0.15, 0.2) is 18.2 Å². The molecule has 1 heterocycles. The van der Waals surface area contributed by atoms with E-state index < -0.39 is 11.5 Å². The fourth-order valence-electron chi connectivity index (χ4n) is 2.48. The molecule has 1 fully saturated rings. The van der Waals surface area contributed by atoms with Crippen LogP contribution < -0.4 is 5.73 Å². The van der Waals surface area contributed by atoms with E-state index in [-0.39, 0.29) is 5.91 Å². The summed E-state index contributed by atoms with van der Waals surface area (Å²) in [7, 11) is 0. The zero-order valence-electron chi connectivity index (χ0n) is 11.1. The van der Waals surface area contributed by atoms with Gasteiger partial charge in [-0.1, -0.05) is 0 Å². The first kappa shape index (κ1) is 13.4. The zero-order valence-corrected chi connectivity index (χ0v) is 11.1. The van der Waals surface area contributed by atoms with Crippen molar-refractivity contribution >= 4 is 17.6 Å². The molecule has 0 aliphatic carbocycles. The Morgan fingerprint density at radius 3 is 2.68 bits per heavy atom. The summed E-state index contributed by atoms with van der Waals surface area (Å²) in [6.45, 7) is 3.90. The second-order valence-electron chi connectivity index (χ2n) is 5.21. The normalized spacial score (nSPS) is 22.5. The number of hydrogen-bond donors (Lipinski definition) is 2. The Hall–Kier alpha value is -2.04. The van der Waals surface area contributed by atoms with Crippen LogP contribution in [0, 0.1) is 6.92 Å². The maximum atomic E-state index is 12.5. The number of anilines is 1. The quantitative estimate of drug-likeness (QED) is 0.794. The Morgan fingerprint density at radius 2 is 2.11 bits per heavy atom. The van der Waals surface area contributed by atoms with Gasteiger partial charge in [-0.3, -0.25) is 4.79 Å². The van der Waals surface area contributed by atoms with Gasteiger partial charge >= 0.3 is 5.97 Å². The van der Waals surface area contributed by atoms with Crippen molar-refractivity contribution in [1.29, 1.82) is 0 Å². The molecule has 0 saturated carbocycles. The van der Waals surface area contributed by atoms with Gasteiger partial charge in [-0.05, 0) is 50.5 Å². The van der Waals surface area contributed by atoms with E-state index in [9.17, 15) is 14.7 Å². The number of hydrogen-bond acceptors (Lipinski definition) is 3. The highest BCUT2D eigenvalue weighted by molar-refractivity contribution is 5.98. The second-order valence-corrected chi connectivity index (χ2v) is 5.21. The number of nitrogen functional groups attached to an aromatic ring is 1. The first-order valence-corrected chi connectivity index (χ1v) is 6.28. The topological polar surface area (TPSA) is 83.6 Å². The number of aryl methyl sites for hydroxylation is 1. The van der Waals surface area contributed by atoms with Crippen LogP contribution in [0.1, 0.15) is 35.7 Å². The molecule has 0 bridgehead atoms. The average Bonchev–Trinajstić information content (AvgIpc) is 2.75. The van der Waals surface area contributed by atoms with Gasteiger partial charge in [0.2, 0.25) is 0 Å². The zero-order chi connectivity index (χ0) is 14.2. The molecular weight excluding hydrogens is 244 g/mol. The van der Waals surface area contributed by atoms with Gasteiger partial charge in [-0.15, -0.1) is 0 Å². The van der Waals surface area contributed by atoms with Gasteiger partial charge in [0.15, 0.2) is 0 Å². The van der Waals surface area contributed by atoms with Gasteiger partial charge in [0.25, 0.3) is 5.91 Å². The summed E-state index contributed by atoms with van der Waals surface area (Å²) in [5.41, 5.74) is 6.55. The third-order valence-electron chi connectivity index (χ3n) is 3.86. The van der Waals surface area contributed by atoms with E-state index in [1.807, 2.05) is 6.92 Å². The Labute approximate surface area is 112 Å². The molecule has 0 radical (unpaired) electrons. The lowest BCUT2D eigenvalue weighted by Gasteiger charge is -2.31. The Morgan fingerprint density at radius 1 is 1.42 bits per heavy atom. The van der Waals surface area contributed by atoms with Gasteiger partial charge in [-0.2, -0.15) is 0 Å². The number of likely N-dealkylation sites (tertiary alicyclic amines) is 1. The monoisotopic (exact) mass is 262 g/mol. The number of carboxylic acid groups (broad SMARTS) is 1. The predicted molar refractivity (Wildman–Crippen MR) is 71.9 cm³/mol. The number of aliphatic carboxylic acids is 1. The molecule has 0 spiro atoms. The molecule has 19 heavy (non-hydrogen) atoms. The number of benzene rings is 1. The van der Waals surface area contributed by atoms with Crippen molar-refractivity contribution < 1.29 is 14.7 Å². The molecule has 1 aromatic carbocycles. The number of rotatable bonds is 2. The number of carboxylic acids is 1. The second kappa shape index (κ2) is 4.57. The number of nitrogens with zero attached hydrogens (tertiary/aromatic N) is 1. The van der Waals surface area contributed by atoms with Crippen LogP contribution in [-0.2, 0) is 4.79 Å². The summed E-state index contributed by atoms with van der Waals surface area (Å²) < 4.78 is 0. The highest BCUT2D eigenvalue weighted by Crippen LogP contribution is 2.31. The van der Waals surface area contributed by atoms with E-state index in [0.29, 0.717) is 30.6 Å². The number of nitrogens with two attached hydrogens (primary N) is 1. The lowest BCUT2D eigenvalue weighted by Crippen LogP contribution is -2.50. The largest absolute Gasteiger partial charge is 0.480 e. The van der Waals surface area contributed by atoms with E-state index in [0.717, 1.165) is 5.56 Å². The summed E-state index contributed by atoms with van der Waals surface area (Å²) in [6.07, 6.45) is 1.20. The van der Waals surface area contributed by atoms with Crippen LogP contribution in [0.25, 0.3) is 0 Å². The minimum atomic E-state index is -1.10. The fraction of sp³-hybridized carbons (Fsp3) is 0.429. The smallest absolute Gasteiger partial charge is 0.329 e. The molecule has 1 amide bonds. The lowest BCUT2D eigenvalue weighted by molar-refractivity contribution is -0.147. The summed E-state index contributed by atoms with van der Waals surface area (Å²) in [6, 6.07) is 5.03. The van der Waals surface area contributed by atoms with Crippen molar-refractivity contribution in [2.75, 3.05) is 12.3 Å². The van der Waals surface area contributed by atoms with E-state index >= 15 is 0 Å².